The second-order valence-corrected chi connectivity index (χ2v) is 7.50. The number of likely N-dealkylation sites (tertiary alicyclic amines) is 1. The highest BCUT2D eigenvalue weighted by atomic mass is 16.5. The van der Waals surface area contributed by atoms with Gasteiger partial charge in [-0.15, -0.1) is 0 Å². The number of carbonyl (C=O) groups excluding carboxylic acids is 2. The summed E-state index contributed by atoms with van der Waals surface area (Å²) in [7, 11) is 3.18. The van der Waals surface area contributed by atoms with E-state index in [9.17, 15) is 9.59 Å². The fraction of sp³-hybridized carbons (Fsp3) is 0.619. The van der Waals surface area contributed by atoms with Crippen molar-refractivity contribution in [2.24, 2.45) is 5.92 Å². The molecule has 148 valence electrons. The summed E-state index contributed by atoms with van der Waals surface area (Å²) in [5.74, 6) is 1.14. The van der Waals surface area contributed by atoms with E-state index in [1.165, 1.54) is 25.7 Å². The molecule has 1 saturated carbocycles. The molecular formula is C21H30N2O4. The molecule has 0 bridgehead atoms. The summed E-state index contributed by atoms with van der Waals surface area (Å²) in [4.78, 5) is 27.0. The molecule has 27 heavy (non-hydrogen) atoms. The average Bonchev–Trinajstić information content (AvgIpc) is 2.90. The molecule has 1 aliphatic carbocycles. The van der Waals surface area contributed by atoms with Gasteiger partial charge in [-0.25, -0.2) is 0 Å². The molecule has 2 aliphatic rings. The highest BCUT2D eigenvalue weighted by molar-refractivity contribution is 5.89. The van der Waals surface area contributed by atoms with Gasteiger partial charge in [-0.1, -0.05) is 31.7 Å². The van der Waals surface area contributed by atoms with E-state index < -0.39 is 0 Å². The standard InChI is InChI=1S/C21H30N2O4/c1-26-18-10-9-15(11-19(18)27-2)13-22-21(25)16-12-20(24)23(14-16)17-7-5-3-4-6-8-17/h9-11,16-17H,3-8,12-14H2,1-2H3,(H,22,25). The van der Waals surface area contributed by atoms with Crippen molar-refractivity contribution >= 4 is 11.8 Å². The van der Waals surface area contributed by atoms with Crippen molar-refractivity contribution in [3.05, 3.63) is 23.8 Å². The first kappa shape index (κ1) is 19.5. The second kappa shape index (κ2) is 9.11. The lowest BCUT2D eigenvalue weighted by Gasteiger charge is -2.27. The molecule has 1 aliphatic heterocycles. The topological polar surface area (TPSA) is 67.9 Å². The average molecular weight is 374 g/mol. The smallest absolute Gasteiger partial charge is 0.225 e. The monoisotopic (exact) mass is 374 g/mol. The third-order valence-corrected chi connectivity index (χ3v) is 5.71. The van der Waals surface area contributed by atoms with Crippen molar-refractivity contribution in [3.63, 3.8) is 0 Å². The third kappa shape index (κ3) is 4.73. The van der Waals surface area contributed by atoms with Crippen LogP contribution in [0.1, 0.15) is 50.5 Å². The van der Waals surface area contributed by atoms with E-state index in [1.54, 1.807) is 14.2 Å². The Balaban J connectivity index is 1.55. The highest BCUT2D eigenvalue weighted by Gasteiger charge is 2.37. The van der Waals surface area contributed by atoms with Gasteiger partial charge in [0.1, 0.15) is 0 Å². The van der Waals surface area contributed by atoms with Crippen LogP contribution < -0.4 is 14.8 Å². The van der Waals surface area contributed by atoms with Gasteiger partial charge in [0.2, 0.25) is 11.8 Å². The molecule has 0 spiro atoms. The number of hydrogen-bond donors (Lipinski definition) is 1. The Hall–Kier alpha value is -2.24. The Morgan fingerprint density at radius 3 is 2.48 bits per heavy atom. The minimum atomic E-state index is -0.249. The van der Waals surface area contributed by atoms with Crippen LogP contribution in [0.3, 0.4) is 0 Å². The van der Waals surface area contributed by atoms with Crippen molar-refractivity contribution in [1.29, 1.82) is 0 Å². The maximum atomic E-state index is 12.6. The molecule has 6 heteroatoms. The fourth-order valence-corrected chi connectivity index (χ4v) is 4.15. The van der Waals surface area contributed by atoms with Gasteiger partial charge in [-0.05, 0) is 30.5 Å². The van der Waals surface area contributed by atoms with Crippen LogP contribution >= 0.6 is 0 Å². The Bertz CT molecular complexity index is 668. The predicted molar refractivity (Wildman–Crippen MR) is 103 cm³/mol. The van der Waals surface area contributed by atoms with Crippen molar-refractivity contribution < 1.29 is 19.1 Å². The molecule has 1 heterocycles. The Labute approximate surface area is 161 Å². The van der Waals surface area contributed by atoms with Crippen LogP contribution in [-0.2, 0) is 16.1 Å². The lowest BCUT2D eigenvalue weighted by Crippen LogP contribution is -2.38. The van der Waals surface area contributed by atoms with Crippen molar-refractivity contribution in [2.75, 3.05) is 20.8 Å². The van der Waals surface area contributed by atoms with Crippen molar-refractivity contribution in [1.82, 2.24) is 10.2 Å². The third-order valence-electron chi connectivity index (χ3n) is 5.71. The zero-order chi connectivity index (χ0) is 19.2. The number of benzene rings is 1. The Kier molecular flexibility index (Phi) is 6.58. The van der Waals surface area contributed by atoms with Crippen LogP contribution in [0, 0.1) is 5.92 Å². The molecule has 2 fully saturated rings. The zero-order valence-corrected chi connectivity index (χ0v) is 16.3. The molecule has 1 atom stereocenters. The number of amides is 2. The normalized spacial score (nSPS) is 21.0. The summed E-state index contributed by atoms with van der Waals surface area (Å²) in [6, 6.07) is 5.91. The van der Waals surface area contributed by atoms with Gasteiger partial charge in [0.25, 0.3) is 0 Å². The van der Waals surface area contributed by atoms with E-state index in [-0.39, 0.29) is 17.7 Å². The summed E-state index contributed by atoms with van der Waals surface area (Å²) >= 11 is 0. The van der Waals surface area contributed by atoms with Gasteiger partial charge in [0, 0.05) is 25.6 Å². The number of hydrogen-bond acceptors (Lipinski definition) is 4. The molecular weight excluding hydrogens is 344 g/mol. The number of ether oxygens (including phenoxy) is 2. The van der Waals surface area contributed by atoms with Crippen molar-refractivity contribution in [2.45, 2.75) is 57.5 Å². The maximum absolute atomic E-state index is 12.6. The van der Waals surface area contributed by atoms with E-state index >= 15 is 0 Å². The predicted octanol–water partition coefficient (Wildman–Crippen LogP) is 2.89. The molecule has 0 aromatic heterocycles. The van der Waals surface area contributed by atoms with Crippen LogP contribution in [-0.4, -0.2) is 43.5 Å². The summed E-state index contributed by atoms with van der Waals surface area (Å²) < 4.78 is 10.5. The fourth-order valence-electron chi connectivity index (χ4n) is 4.15. The number of nitrogens with zero attached hydrogens (tertiary/aromatic N) is 1. The van der Waals surface area contributed by atoms with Crippen LogP contribution in [0.25, 0.3) is 0 Å². The first-order chi connectivity index (χ1) is 13.1. The SMILES string of the molecule is COc1ccc(CNC(=O)C2CC(=O)N(C3CCCCCC3)C2)cc1OC. The van der Waals surface area contributed by atoms with Gasteiger partial charge in [-0.3, -0.25) is 9.59 Å². The quantitative estimate of drug-likeness (QED) is 0.778. The van der Waals surface area contributed by atoms with Gasteiger partial charge >= 0.3 is 0 Å². The van der Waals surface area contributed by atoms with E-state index in [4.69, 9.17) is 9.47 Å². The molecule has 6 nitrogen and oxygen atoms in total. The minimum absolute atomic E-state index is 0.0470. The molecule has 1 aromatic carbocycles. The van der Waals surface area contributed by atoms with E-state index in [1.807, 2.05) is 23.1 Å². The molecule has 1 N–H and O–H groups in total. The van der Waals surface area contributed by atoms with Crippen molar-refractivity contribution in [3.8, 4) is 11.5 Å². The van der Waals surface area contributed by atoms with Gasteiger partial charge in [0.05, 0.1) is 20.1 Å². The molecule has 1 aromatic rings. The summed E-state index contributed by atoms with van der Waals surface area (Å²) in [5.41, 5.74) is 0.936. The van der Waals surface area contributed by atoms with Crippen LogP contribution in [0.2, 0.25) is 0 Å². The zero-order valence-electron chi connectivity index (χ0n) is 16.3. The van der Waals surface area contributed by atoms with Gasteiger partial charge in [0.15, 0.2) is 11.5 Å². The lowest BCUT2D eigenvalue weighted by atomic mass is 10.1. The van der Waals surface area contributed by atoms with E-state index in [0.717, 1.165) is 18.4 Å². The minimum Gasteiger partial charge on any atom is -0.493 e. The number of methoxy groups -OCH3 is 2. The first-order valence-electron chi connectivity index (χ1n) is 9.90. The summed E-state index contributed by atoms with van der Waals surface area (Å²) in [6.07, 6.45) is 7.36. The lowest BCUT2D eigenvalue weighted by molar-refractivity contribution is -0.130. The van der Waals surface area contributed by atoms with Crippen LogP contribution in [0.15, 0.2) is 18.2 Å². The number of nitrogens with one attached hydrogen (secondary N) is 1. The van der Waals surface area contributed by atoms with Gasteiger partial charge < -0.3 is 19.7 Å². The number of carbonyl (C=O) groups is 2. The summed E-state index contributed by atoms with van der Waals surface area (Å²) in [5, 5.41) is 2.97. The molecule has 0 radical (unpaired) electrons. The first-order valence-corrected chi connectivity index (χ1v) is 9.90. The Morgan fingerprint density at radius 2 is 1.81 bits per heavy atom. The summed E-state index contributed by atoms with van der Waals surface area (Å²) in [6.45, 7) is 0.967. The Morgan fingerprint density at radius 1 is 1.11 bits per heavy atom. The molecule has 1 unspecified atom stereocenters. The molecule has 2 amide bonds. The van der Waals surface area contributed by atoms with Gasteiger partial charge in [-0.2, -0.15) is 0 Å². The van der Waals surface area contributed by atoms with E-state index in [2.05, 4.69) is 5.32 Å². The second-order valence-electron chi connectivity index (χ2n) is 7.50. The van der Waals surface area contributed by atoms with Crippen LogP contribution in [0.5, 0.6) is 11.5 Å². The largest absolute Gasteiger partial charge is 0.493 e. The maximum Gasteiger partial charge on any atom is 0.225 e. The van der Waals surface area contributed by atoms with E-state index in [0.29, 0.717) is 37.1 Å². The molecule has 3 rings (SSSR count). The highest BCUT2D eigenvalue weighted by Crippen LogP contribution is 2.29. The number of rotatable bonds is 6. The molecule has 1 saturated heterocycles. The van der Waals surface area contributed by atoms with Crippen LogP contribution in [0.4, 0.5) is 0 Å².